The van der Waals surface area contributed by atoms with Gasteiger partial charge in [-0.3, -0.25) is 9.59 Å². The van der Waals surface area contributed by atoms with Crippen LogP contribution < -0.4 is 9.80 Å². The first-order chi connectivity index (χ1) is 8.45. The number of hydrogen-bond acceptors (Lipinski definition) is 2. The predicted molar refractivity (Wildman–Crippen MR) is 71.7 cm³/mol. The topological polar surface area (TPSA) is 40.6 Å². The second-order valence-electron chi connectivity index (χ2n) is 4.75. The highest BCUT2D eigenvalue weighted by molar-refractivity contribution is 6.03. The lowest BCUT2D eigenvalue weighted by atomic mass is 10.0. The van der Waals surface area contributed by atoms with Crippen molar-refractivity contribution < 1.29 is 9.59 Å². The number of amides is 2. The third-order valence-corrected chi connectivity index (χ3v) is 3.59. The number of carbonyl (C=O) groups is 2. The average Bonchev–Trinajstić information content (AvgIpc) is 2.29. The van der Waals surface area contributed by atoms with E-state index in [9.17, 15) is 9.59 Å². The van der Waals surface area contributed by atoms with Crippen molar-refractivity contribution >= 4 is 23.2 Å². The smallest absolute Gasteiger partial charge is 0.224 e. The average molecular weight is 246 g/mol. The van der Waals surface area contributed by atoms with Crippen molar-refractivity contribution in [2.45, 2.75) is 39.8 Å². The van der Waals surface area contributed by atoms with Gasteiger partial charge in [0, 0.05) is 13.8 Å². The van der Waals surface area contributed by atoms with Crippen LogP contribution in [0.15, 0.2) is 24.3 Å². The molecular weight excluding hydrogens is 228 g/mol. The van der Waals surface area contributed by atoms with Crippen LogP contribution in [0.4, 0.5) is 11.4 Å². The number of hydrogen-bond donors (Lipinski definition) is 0. The van der Waals surface area contributed by atoms with Crippen LogP contribution in [0, 0.1) is 0 Å². The molecule has 1 heterocycles. The molecule has 1 aromatic carbocycles. The number of nitrogens with zero attached hydrogens (tertiary/aromatic N) is 2. The third kappa shape index (κ3) is 1.78. The van der Waals surface area contributed by atoms with E-state index in [2.05, 4.69) is 0 Å². The highest BCUT2D eigenvalue weighted by Crippen LogP contribution is 2.38. The molecule has 0 radical (unpaired) electrons. The van der Waals surface area contributed by atoms with Crippen LogP contribution in [0.5, 0.6) is 0 Å². The lowest BCUT2D eigenvalue weighted by molar-refractivity contribution is -0.119. The van der Waals surface area contributed by atoms with E-state index in [0.717, 1.165) is 11.4 Å². The highest BCUT2D eigenvalue weighted by Gasteiger charge is 2.37. The van der Waals surface area contributed by atoms with Gasteiger partial charge in [0.2, 0.25) is 11.8 Å². The molecule has 0 saturated heterocycles. The number of anilines is 2. The van der Waals surface area contributed by atoms with Crippen molar-refractivity contribution in [1.82, 2.24) is 0 Å². The van der Waals surface area contributed by atoms with Crippen LogP contribution in [-0.2, 0) is 9.59 Å². The molecule has 0 aromatic heterocycles. The molecule has 0 bridgehead atoms. The summed E-state index contributed by atoms with van der Waals surface area (Å²) in [7, 11) is 0. The molecule has 2 atom stereocenters. The van der Waals surface area contributed by atoms with Crippen molar-refractivity contribution in [3.63, 3.8) is 0 Å². The summed E-state index contributed by atoms with van der Waals surface area (Å²) in [4.78, 5) is 27.2. The summed E-state index contributed by atoms with van der Waals surface area (Å²) in [6.45, 7) is 7.06. The standard InChI is InChI=1S/C14H18N2O2/c1-9-10(2)16(12(4)18)14-8-6-5-7-13(14)15(9)11(3)17/h5-10H,1-4H3/t9-,10-/m0/s1. The van der Waals surface area contributed by atoms with E-state index < -0.39 is 0 Å². The fourth-order valence-electron chi connectivity index (χ4n) is 2.65. The van der Waals surface area contributed by atoms with E-state index >= 15 is 0 Å². The zero-order valence-corrected chi connectivity index (χ0v) is 11.2. The Balaban J connectivity index is 2.62. The van der Waals surface area contributed by atoms with Gasteiger partial charge in [-0.1, -0.05) is 12.1 Å². The van der Waals surface area contributed by atoms with E-state index in [1.807, 2.05) is 38.1 Å². The summed E-state index contributed by atoms with van der Waals surface area (Å²) in [5.41, 5.74) is 1.62. The zero-order chi connectivity index (χ0) is 13.4. The Labute approximate surface area is 107 Å². The maximum Gasteiger partial charge on any atom is 0.224 e. The SMILES string of the molecule is CC(=O)N1c2ccccc2N(C(C)=O)[C@@H](C)[C@@H]1C. The Morgan fingerprint density at radius 1 is 0.889 bits per heavy atom. The van der Waals surface area contributed by atoms with E-state index in [1.54, 1.807) is 23.6 Å². The molecule has 0 saturated carbocycles. The van der Waals surface area contributed by atoms with Crippen molar-refractivity contribution in [2.75, 3.05) is 9.80 Å². The molecule has 0 fully saturated rings. The first-order valence-electron chi connectivity index (χ1n) is 6.13. The number of para-hydroxylation sites is 2. The highest BCUT2D eigenvalue weighted by atomic mass is 16.2. The number of benzene rings is 1. The van der Waals surface area contributed by atoms with Gasteiger partial charge in [-0.05, 0) is 26.0 Å². The van der Waals surface area contributed by atoms with Crippen molar-refractivity contribution in [3.8, 4) is 0 Å². The van der Waals surface area contributed by atoms with Crippen LogP contribution >= 0.6 is 0 Å². The van der Waals surface area contributed by atoms with Gasteiger partial charge >= 0.3 is 0 Å². The Morgan fingerprint density at radius 3 is 1.50 bits per heavy atom. The van der Waals surface area contributed by atoms with E-state index in [-0.39, 0.29) is 23.9 Å². The molecule has 0 spiro atoms. The molecule has 0 N–H and O–H groups in total. The van der Waals surface area contributed by atoms with E-state index in [0.29, 0.717) is 0 Å². The predicted octanol–water partition coefficient (Wildman–Crippen LogP) is 2.18. The monoisotopic (exact) mass is 246 g/mol. The van der Waals surface area contributed by atoms with Gasteiger partial charge < -0.3 is 9.80 Å². The summed E-state index contributed by atoms with van der Waals surface area (Å²) in [5.74, 6) is 0.00926. The Hall–Kier alpha value is -1.84. The first-order valence-corrected chi connectivity index (χ1v) is 6.13. The number of carbonyl (C=O) groups excluding carboxylic acids is 2. The Kier molecular flexibility index (Phi) is 3.11. The summed E-state index contributed by atoms with van der Waals surface area (Å²) in [6, 6.07) is 7.48. The van der Waals surface area contributed by atoms with Gasteiger partial charge in [0.15, 0.2) is 0 Å². The summed E-state index contributed by atoms with van der Waals surface area (Å²) >= 11 is 0. The van der Waals surface area contributed by atoms with Gasteiger partial charge in [0.25, 0.3) is 0 Å². The molecule has 1 aliphatic heterocycles. The molecule has 0 aliphatic carbocycles. The summed E-state index contributed by atoms with van der Waals surface area (Å²) in [6.07, 6.45) is 0. The summed E-state index contributed by atoms with van der Waals surface area (Å²) < 4.78 is 0. The van der Waals surface area contributed by atoms with E-state index in [4.69, 9.17) is 0 Å². The van der Waals surface area contributed by atoms with Crippen LogP contribution in [0.2, 0.25) is 0 Å². The molecule has 18 heavy (non-hydrogen) atoms. The molecule has 1 aromatic rings. The second-order valence-corrected chi connectivity index (χ2v) is 4.75. The van der Waals surface area contributed by atoms with Gasteiger partial charge in [-0.15, -0.1) is 0 Å². The molecule has 96 valence electrons. The fourth-order valence-corrected chi connectivity index (χ4v) is 2.65. The van der Waals surface area contributed by atoms with Crippen LogP contribution in [-0.4, -0.2) is 23.9 Å². The molecule has 4 heteroatoms. The number of fused-ring (bicyclic) bond motifs is 1. The summed E-state index contributed by atoms with van der Waals surface area (Å²) in [5, 5.41) is 0. The largest absolute Gasteiger partial charge is 0.306 e. The van der Waals surface area contributed by atoms with Crippen molar-refractivity contribution in [1.29, 1.82) is 0 Å². The minimum Gasteiger partial charge on any atom is -0.306 e. The third-order valence-electron chi connectivity index (χ3n) is 3.59. The first kappa shape index (κ1) is 12.6. The lowest BCUT2D eigenvalue weighted by Crippen LogP contribution is -2.56. The van der Waals surface area contributed by atoms with Gasteiger partial charge in [-0.25, -0.2) is 0 Å². The van der Waals surface area contributed by atoms with Crippen LogP contribution in [0.25, 0.3) is 0 Å². The van der Waals surface area contributed by atoms with Crippen molar-refractivity contribution in [2.24, 2.45) is 0 Å². The Morgan fingerprint density at radius 2 is 1.22 bits per heavy atom. The lowest BCUT2D eigenvalue weighted by Gasteiger charge is -2.45. The minimum absolute atomic E-state index is 0.00463. The molecule has 2 amide bonds. The van der Waals surface area contributed by atoms with E-state index in [1.165, 1.54) is 0 Å². The van der Waals surface area contributed by atoms with Gasteiger partial charge in [0.05, 0.1) is 23.5 Å². The molecule has 0 unspecified atom stereocenters. The molecule has 4 nitrogen and oxygen atoms in total. The molecule has 1 aliphatic rings. The van der Waals surface area contributed by atoms with Crippen molar-refractivity contribution in [3.05, 3.63) is 24.3 Å². The zero-order valence-electron chi connectivity index (χ0n) is 11.2. The minimum atomic E-state index is -0.0266. The maximum absolute atomic E-state index is 11.8. The Bertz CT molecular complexity index is 453. The van der Waals surface area contributed by atoms with Crippen LogP contribution in [0.1, 0.15) is 27.7 Å². The molecule has 2 rings (SSSR count). The van der Waals surface area contributed by atoms with Gasteiger partial charge in [0.1, 0.15) is 0 Å². The number of rotatable bonds is 0. The quantitative estimate of drug-likeness (QED) is 0.704. The van der Waals surface area contributed by atoms with Gasteiger partial charge in [-0.2, -0.15) is 0 Å². The second kappa shape index (κ2) is 4.44. The fraction of sp³-hybridized carbons (Fsp3) is 0.429. The normalized spacial score (nSPS) is 22.7. The van der Waals surface area contributed by atoms with Crippen LogP contribution in [0.3, 0.4) is 0 Å². The maximum atomic E-state index is 11.8. The molecular formula is C14H18N2O2.